The number of hydrogen-bond donors (Lipinski definition) is 2. The summed E-state index contributed by atoms with van der Waals surface area (Å²) in [5.41, 5.74) is 6.67. The highest BCUT2D eigenvalue weighted by atomic mass is 16.3. The fourth-order valence-electron chi connectivity index (χ4n) is 6.45. The Bertz CT molecular complexity index is 440. The van der Waals surface area contributed by atoms with Crippen LogP contribution < -0.4 is 5.73 Å². The molecule has 0 aliphatic carbocycles. The van der Waals surface area contributed by atoms with Crippen LogP contribution in [0.3, 0.4) is 0 Å². The molecule has 242 valence electrons. The zero-order chi connectivity index (χ0) is 29.4. The monoisotopic (exact) mass is 566 g/mol. The van der Waals surface area contributed by atoms with Gasteiger partial charge >= 0.3 is 0 Å². The average molecular weight is 566 g/mol. The zero-order valence-electron chi connectivity index (χ0n) is 28.4. The van der Waals surface area contributed by atoms with E-state index in [-0.39, 0.29) is 11.6 Å². The van der Waals surface area contributed by atoms with Gasteiger partial charge in [-0.15, -0.1) is 0 Å². The molecular formula is C38H79NO. The predicted molar refractivity (Wildman–Crippen MR) is 182 cm³/mol. The molecule has 2 heteroatoms. The van der Waals surface area contributed by atoms with Crippen molar-refractivity contribution in [3.8, 4) is 0 Å². The summed E-state index contributed by atoms with van der Waals surface area (Å²) < 4.78 is 0. The SMILES string of the molecule is CCCCCCCCCCCCC(O)C(N)(CCCCCCCCCCCC)CCCCCCCCCCCC. The molecule has 40 heavy (non-hydrogen) atoms. The van der Waals surface area contributed by atoms with E-state index in [4.69, 9.17) is 5.73 Å². The minimum absolute atomic E-state index is 0.321. The Kier molecular flexibility index (Phi) is 31.8. The molecule has 0 amide bonds. The smallest absolute Gasteiger partial charge is 0.0719 e. The first-order valence-electron chi connectivity index (χ1n) is 19.1. The largest absolute Gasteiger partial charge is 0.391 e. The van der Waals surface area contributed by atoms with Gasteiger partial charge in [-0.3, -0.25) is 0 Å². The summed E-state index contributed by atoms with van der Waals surface area (Å²) in [7, 11) is 0. The van der Waals surface area contributed by atoms with Crippen molar-refractivity contribution in [1.82, 2.24) is 0 Å². The first-order chi connectivity index (χ1) is 19.6. The molecule has 2 nitrogen and oxygen atoms in total. The summed E-state index contributed by atoms with van der Waals surface area (Å²) >= 11 is 0. The average Bonchev–Trinajstić information content (AvgIpc) is 2.96. The lowest BCUT2D eigenvalue weighted by molar-refractivity contribution is 0.0592. The predicted octanol–water partition coefficient (Wildman–Crippen LogP) is 13.0. The van der Waals surface area contributed by atoms with Crippen LogP contribution in [0.1, 0.15) is 233 Å². The second-order valence-electron chi connectivity index (χ2n) is 13.6. The van der Waals surface area contributed by atoms with Gasteiger partial charge in [0.1, 0.15) is 0 Å². The van der Waals surface area contributed by atoms with Crippen LogP contribution in [0.2, 0.25) is 0 Å². The minimum atomic E-state index is -0.362. The third kappa shape index (κ3) is 26.8. The molecule has 0 aromatic carbocycles. The number of aliphatic hydroxyl groups is 1. The molecule has 0 heterocycles. The van der Waals surface area contributed by atoms with E-state index in [0.717, 1.165) is 25.7 Å². The summed E-state index contributed by atoms with van der Waals surface area (Å²) in [6.45, 7) is 6.88. The van der Waals surface area contributed by atoms with E-state index in [2.05, 4.69) is 20.8 Å². The van der Waals surface area contributed by atoms with Crippen LogP contribution in [-0.4, -0.2) is 16.7 Å². The fraction of sp³-hybridized carbons (Fsp3) is 1.00. The van der Waals surface area contributed by atoms with E-state index < -0.39 is 0 Å². The second kappa shape index (κ2) is 31.8. The van der Waals surface area contributed by atoms with Crippen LogP contribution in [0.25, 0.3) is 0 Å². The van der Waals surface area contributed by atoms with E-state index in [1.54, 1.807) is 0 Å². The summed E-state index contributed by atoms with van der Waals surface area (Å²) in [6.07, 6.45) is 43.3. The third-order valence-electron chi connectivity index (χ3n) is 9.49. The summed E-state index contributed by atoms with van der Waals surface area (Å²) in [5.74, 6) is 0. The Morgan fingerprint density at radius 2 is 0.600 bits per heavy atom. The summed E-state index contributed by atoms with van der Waals surface area (Å²) in [5, 5.41) is 11.3. The van der Waals surface area contributed by atoms with Crippen LogP contribution in [0.15, 0.2) is 0 Å². The normalized spacial score (nSPS) is 12.8. The fourth-order valence-corrected chi connectivity index (χ4v) is 6.45. The standard InChI is InChI=1S/C38H79NO/c1-4-7-10-13-16-19-22-25-28-31-34-37(40)38(39,35-32-29-26-23-20-17-14-11-8-5-2)36-33-30-27-24-21-18-15-12-9-6-3/h37,40H,4-36,39H2,1-3H3. The van der Waals surface area contributed by atoms with Crippen LogP contribution in [0, 0.1) is 0 Å². The van der Waals surface area contributed by atoms with Gasteiger partial charge in [0.15, 0.2) is 0 Å². The Morgan fingerprint density at radius 3 is 0.875 bits per heavy atom. The van der Waals surface area contributed by atoms with Crippen LogP contribution in [-0.2, 0) is 0 Å². The molecule has 0 fully saturated rings. The van der Waals surface area contributed by atoms with E-state index in [1.807, 2.05) is 0 Å². The number of unbranched alkanes of at least 4 members (excludes halogenated alkanes) is 27. The van der Waals surface area contributed by atoms with Gasteiger partial charge in [-0.2, -0.15) is 0 Å². The van der Waals surface area contributed by atoms with E-state index in [0.29, 0.717) is 0 Å². The van der Waals surface area contributed by atoms with E-state index >= 15 is 0 Å². The van der Waals surface area contributed by atoms with Gasteiger partial charge < -0.3 is 10.8 Å². The minimum Gasteiger partial charge on any atom is -0.391 e. The van der Waals surface area contributed by atoms with Crippen molar-refractivity contribution in [2.45, 2.75) is 244 Å². The molecule has 3 N–H and O–H groups in total. The van der Waals surface area contributed by atoms with Crippen molar-refractivity contribution in [2.24, 2.45) is 5.73 Å². The van der Waals surface area contributed by atoms with Crippen molar-refractivity contribution in [3.05, 3.63) is 0 Å². The molecule has 0 aliphatic heterocycles. The highest BCUT2D eigenvalue weighted by Gasteiger charge is 2.32. The Balaban J connectivity index is 4.23. The van der Waals surface area contributed by atoms with Gasteiger partial charge in [0.2, 0.25) is 0 Å². The van der Waals surface area contributed by atoms with Crippen molar-refractivity contribution < 1.29 is 5.11 Å². The molecule has 0 aliphatic rings. The molecule has 0 spiro atoms. The molecule has 0 rings (SSSR count). The highest BCUT2D eigenvalue weighted by Crippen LogP contribution is 2.28. The number of rotatable bonds is 34. The lowest BCUT2D eigenvalue weighted by Crippen LogP contribution is -2.50. The number of hydrogen-bond acceptors (Lipinski definition) is 2. The quantitative estimate of drug-likeness (QED) is 0.0762. The molecule has 1 atom stereocenters. The highest BCUT2D eigenvalue weighted by molar-refractivity contribution is 4.91. The maximum absolute atomic E-state index is 11.3. The number of aliphatic hydroxyl groups excluding tert-OH is 1. The lowest BCUT2D eigenvalue weighted by atomic mass is 9.80. The van der Waals surface area contributed by atoms with Crippen LogP contribution >= 0.6 is 0 Å². The van der Waals surface area contributed by atoms with Crippen LogP contribution in [0.4, 0.5) is 0 Å². The van der Waals surface area contributed by atoms with Crippen molar-refractivity contribution >= 4 is 0 Å². The Hall–Kier alpha value is -0.0800. The van der Waals surface area contributed by atoms with Gasteiger partial charge in [-0.25, -0.2) is 0 Å². The van der Waals surface area contributed by atoms with Gasteiger partial charge in [0.05, 0.1) is 6.10 Å². The summed E-state index contributed by atoms with van der Waals surface area (Å²) in [4.78, 5) is 0. The van der Waals surface area contributed by atoms with Gasteiger partial charge in [0.25, 0.3) is 0 Å². The Labute approximate surface area is 254 Å². The van der Waals surface area contributed by atoms with Crippen LogP contribution in [0.5, 0.6) is 0 Å². The van der Waals surface area contributed by atoms with Crippen molar-refractivity contribution in [1.29, 1.82) is 0 Å². The molecular weight excluding hydrogens is 486 g/mol. The zero-order valence-corrected chi connectivity index (χ0v) is 28.4. The molecule has 0 saturated carbocycles. The molecule has 1 unspecified atom stereocenters. The Morgan fingerprint density at radius 1 is 0.375 bits per heavy atom. The molecule has 0 radical (unpaired) electrons. The summed E-state index contributed by atoms with van der Waals surface area (Å²) in [6, 6.07) is 0. The second-order valence-corrected chi connectivity index (χ2v) is 13.6. The van der Waals surface area contributed by atoms with E-state index in [1.165, 1.54) is 186 Å². The lowest BCUT2D eigenvalue weighted by Gasteiger charge is -2.35. The van der Waals surface area contributed by atoms with Gasteiger partial charge in [-0.05, 0) is 19.3 Å². The topological polar surface area (TPSA) is 46.2 Å². The maximum atomic E-state index is 11.3. The first kappa shape index (κ1) is 39.9. The molecule has 0 aromatic heterocycles. The maximum Gasteiger partial charge on any atom is 0.0719 e. The van der Waals surface area contributed by atoms with E-state index in [9.17, 15) is 5.11 Å². The van der Waals surface area contributed by atoms with Gasteiger partial charge in [-0.1, -0.05) is 213 Å². The molecule has 0 bridgehead atoms. The van der Waals surface area contributed by atoms with Crippen molar-refractivity contribution in [2.75, 3.05) is 0 Å². The third-order valence-corrected chi connectivity index (χ3v) is 9.49. The first-order valence-corrected chi connectivity index (χ1v) is 19.1. The van der Waals surface area contributed by atoms with Crippen molar-refractivity contribution in [3.63, 3.8) is 0 Å². The van der Waals surface area contributed by atoms with Gasteiger partial charge in [0, 0.05) is 5.54 Å². The number of nitrogens with two attached hydrogens (primary N) is 1. The molecule has 0 saturated heterocycles. The molecule has 0 aromatic rings.